The highest BCUT2D eigenvalue weighted by molar-refractivity contribution is 5.75. The molecule has 1 unspecified atom stereocenters. The first-order chi connectivity index (χ1) is 13.4. The molecule has 154 valence electrons. The third-order valence-corrected chi connectivity index (χ3v) is 5.23. The van der Waals surface area contributed by atoms with Gasteiger partial charge in [-0.15, -0.1) is 0 Å². The summed E-state index contributed by atoms with van der Waals surface area (Å²) in [5.41, 5.74) is 0.779. The van der Waals surface area contributed by atoms with Gasteiger partial charge in [0.05, 0.1) is 19.1 Å². The molecule has 7 nitrogen and oxygen atoms in total. The molecule has 1 aliphatic heterocycles. The summed E-state index contributed by atoms with van der Waals surface area (Å²) >= 11 is 0. The molecule has 0 bridgehead atoms. The van der Waals surface area contributed by atoms with Crippen molar-refractivity contribution in [2.75, 3.05) is 19.7 Å². The van der Waals surface area contributed by atoms with Crippen LogP contribution in [-0.4, -0.2) is 54.4 Å². The largest absolute Gasteiger partial charge is 0.481 e. The second-order valence-electron chi connectivity index (χ2n) is 7.09. The van der Waals surface area contributed by atoms with Crippen molar-refractivity contribution in [3.8, 4) is 5.75 Å². The first-order valence-electron chi connectivity index (χ1n) is 9.37. The third kappa shape index (κ3) is 5.31. The number of hydrogen-bond donors (Lipinski definition) is 2. The fourth-order valence-electron chi connectivity index (χ4n) is 3.65. The Kier molecular flexibility index (Phi) is 6.66. The van der Waals surface area contributed by atoms with Gasteiger partial charge >= 0.3 is 18.6 Å². The Morgan fingerprint density at radius 2 is 1.86 bits per heavy atom. The number of nitrogens with one attached hydrogen (secondary N) is 1. The summed E-state index contributed by atoms with van der Waals surface area (Å²) in [6.07, 6.45) is 2.10. The fourth-order valence-corrected chi connectivity index (χ4v) is 3.65. The van der Waals surface area contributed by atoms with E-state index in [0.29, 0.717) is 45.4 Å². The van der Waals surface area contributed by atoms with Crippen molar-refractivity contribution >= 4 is 12.0 Å². The molecule has 0 aromatic heterocycles. The Labute approximate surface area is 161 Å². The van der Waals surface area contributed by atoms with E-state index in [1.54, 1.807) is 17.0 Å². The molecule has 1 atom stereocenters. The quantitative estimate of drug-likeness (QED) is 0.796. The average Bonchev–Trinajstić information content (AvgIpc) is 2.68. The minimum atomic E-state index is -2.87. The number of alkyl halides is 2. The van der Waals surface area contributed by atoms with Crippen LogP contribution in [0.2, 0.25) is 0 Å². The third-order valence-electron chi connectivity index (χ3n) is 5.23. The van der Waals surface area contributed by atoms with Gasteiger partial charge in [-0.3, -0.25) is 4.79 Å². The van der Waals surface area contributed by atoms with Crippen LogP contribution in [0.5, 0.6) is 5.75 Å². The molecule has 1 heterocycles. The summed E-state index contributed by atoms with van der Waals surface area (Å²) < 4.78 is 34.5. The lowest BCUT2D eigenvalue weighted by Crippen LogP contribution is -2.50. The number of ether oxygens (including phenoxy) is 2. The number of hydrogen-bond acceptors (Lipinski definition) is 4. The molecule has 2 N–H and O–H groups in total. The Balaban J connectivity index is 1.51. The standard InChI is InChI=1S/C19H24F2N2O5/c20-18(21)28-15-7-3-12(4-8-15)16-11-23(9-10-27-16)19(26)22-14-5-1-13(2-6-14)17(24)25/h3-4,7-8,13-14,16,18H,1-2,5-6,9-11H2,(H,22,26)(H,24,25). The van der Waals surface area contributed by atoms with E-state index in [-0.39, 0.29) is 29.8 Å². The molecule has 28 heavy (non-hydrogen) atoms. The van der Waals surface area contributed by atoms with Crippen molar-refractivity contribution in [3.05, 3.63) is 29.8 Å². The number of aliphatic carboxylic acids is 1. The van der Waals surface area contributed by atoms with Crippen molar-refractivity contribution in [1.29, 1.82) is 0 Å². The highest BCUT2D eigenvalue weighted by Crippen LogP contribution is 2.27. The Bertz CT molecular complexity index is 677. The molecule has 2 aliphatic rings. The van der Waals surface area contributed by atoms with Crippen LogP contribution < -0.4 is 10.1 Å². The monoisotopic (exact) mass is 398 g/mol. The van der Waals surface area contributed by atoms with E-state index in [2.05, 4.69) is 10.1 Å². The normalized spacial score (nSPS) is 25.4. The maximum atomic E-state index is 12.6. The Hall–Kier alpha value is -2.42. The summed E-state index contributed by atoms with van der Waals surface area (Å²) in [5.74, 6) is -1.02. The average molecular weight is 398 g/mol. The van der Waals surface area contributed by atoms with Crippen LogP contribution in [0.3, 0.4) is 0 Å². The number of urea groups is 1. The molecular weight excluding hydrogens is 374 g/mol. The van der Waals surface area contributed by atoms with Crippen LogP contribution in [0.15, 0.2) is 24.3 Å². The van der Waals surface area contributed by atoms with Crippen LogP contribution in [0.1, 0.15) is 37.4 Å². The van der Waals surface area contributed by atoms with Gasteiger partial charge in [0.1, 0.15) is 11.9 Å². The van der Waals surface area contributed by atoms with Crippen LogP contribution in [0, 0.1) is 5.92 Å². The Morgan fingerprint density at radius 3 is 2.46 bits per heavy atom. The lowest BCUT2D eigenvalue weighted by molar-refractivity contribution is -0.142. The minimum Gasteiger partial charge on any atom is -0.481 e. The van der Waals surface area contributed by atoms with E-state index in [4.69, 9.17) is 9.84 Å². The number of rotatable bonds is 5. The Morgan fingerprint density at radius 1 is 1.18 bits per heavy atom. The molecule has 0 spiro atoms. The van der Waals surface area contributed by atoms with E-state index >= 15 is 0 Å². The van der Waals surface area contributed by atoms with Gasteiger partial charge in [-0.05, 0) is 43.4 Å². The smallest absolute Gasteiger partial charge is 0.387 e. The summed E-state index contributed by atoms with van der Waals surface area (Å²) in [4.78, 5) is 25.3. The van der Waals surface area contributed by atoms with Crippen LogP contribution in [-0.2, 0) is 9.53 Å². The molecule has 1 saturated heterocycles. The number of benzene rings is 1. The maximum Gasteiger partial charge on any atom is 0.387 e. The molecule has 1 aromatic carbocycles. The number of nitrogens with zero attached hydrogens (tertiary/aromatic N) is 1. The van der Waals surface area contributed by atoms with Gasteiger partial charge in [0.2, 0.25) is 0 Å². The molecular formula is C19H24F2N2O5. The summed E-state index contributed by atoms with van der Waals surface area (Å²) in [5, 5.41) is 12.0. The molecule has 9 heteroatoms. The topological polar surface area (TPSA) is 88.1 Å². The number of carboxylic acid groups (broad SMARTS) is 1. The second kappa shape index (κ2) is 9.18. The van der Waals surface area contributed by atoms with Gasteiger partial charge in [-0.25, -0.2) is 4.79 Å². The van der Waals surface area contributed by atoms with E-state index in [1.807, 2.05) is 0 Å². The van der Waals surface area contributed by atoms with Crippen molar-refractivity contribution in [2.45, 2.75) is 44.4 Å². The van der Waals surface area contributed by atoms with Gasteiger partial charge < -0.3 is 24.8 Å². The summed E-state index contributed by atoms with van der Waals surface area (Å²) in [6.45, 7) is -1.69. The summed E-state index contributed by atoms with van der Waals surface area (Å²) in [7, 11) is 0. The fraction of sp³-hybridized carbons (Fsp3) is 0.579. The number of amides is 2. The first kappa shape index (κ1) is 20.3. The predicted octanol–water partition coefficient (Wildman–Crippen LogP) is 3.01. The van der Waals surface area contributed by atoms with Crippen LogP contribution in [0.25, 0.3) is 0 Å². The molecule has 3 rings (SSSR count). The number of carboxylic acids is 1. The highest BCUT2D eigenvalue weighted by Gasteiger charge is 2.30. The zero-order chi connectivity index (χ0) is 20.1. The first-order valence-corrected chi connectivity index (χ1v) is 9.37. The second-order valence-corrected chi connectivity index (χ2v) is 7.09. The predicted molar refractivity (Wildman–Crippen MR) is 95.3 cm³/mol. The molecule has 1 aromatic rings. The maximum absolute atomic E-state index is 12.6. The van der Waals surface area contributed by atoms with Crippen molar-refractivity contribution in [3.63, 3.8) is 0 Å². The zero-order valence-electron chi connectivity index (χ0n) is 15.4. The zero-order valence-corrected chi connectivity index (χ0v) is 15.4. The van der Waals surface area contributed by atoms with Gasteiger partial charge in [0.25, 0.3) is 0 Å². The van der Waals surface area contributed by atoms with Crippen molar-refractivity contribution in [1.82, 2.24) is 10.2 Å². The summed E-state index contributed by atoms with van der Waals surface area (Å²) in [6, 6.07) is 5.99. The molecule has 2 amide bonds. The van der Waals surface area contributed by atoms with Crippen LogP contribution in [0.4, 0.5) is 13.6 Å². The van der Waals surface area contributed by atoms with Gasteiger partial charge in [-0.1, -0.05) is 12.1 Å². The molecule has 0 radical (unpaired) electrons. The SMILES string of the molecule is O=C(O)C1CCC(NC(=O)N2CCOC(c3ccc(OC(F)F)cc3)C2)CC1. The lowest BCUT2D eigenvalue weighted by atomic mass is 9.86. The van der Waals surface area contributed by atoms with E-state index < -0.39 is 12.6 Å². The van der Waals surface area contributed by atoms with E-state index in [9.17, 15) is 18.4 Å². The van der Waals surface area contributed by atoms with Gasteiger partial charge in [-0.2, -0.15) is 8.78 Å². The number of carbonyl (C=O) groups is 2. The van der Waals surface area contributed by atoms with Crippen molar-refractivity contribution < 1.29 is 33.0 Å². The number of halogens is 2. The molecule has 1 saturated carbocycles. The highest BCUT2D eigenvalue weighted by atomic mass is 19.3. The van der Waals surface area contributed by atoms with Crippen LogP contribution >= 0.6 is 0 Å². The lowest BCUT2D eigenvalue weighted by Gasteiger charge is -2.35. The van der Waals surface area contributed by atoms with Gasteiger partial charge in [0.15, 0.2) is 0 Å². The van der Waals surface area contributed by atoms with Gasteiger partial charge in [0, 0.05) is 12.6 Å². The number of morpholine rings is 1. The van der Waals surface area contributed by atoms with E-state index in [1.165, 1.54) is 12.1 Å². The number of carbonyl (C=O) groups excluding carboxylic acids is 1. The molecule has 2 fully saturated rings. The molecule has 1 aliphatic carbocycles. The minimum absolute atomic E-state index is 0.0184. The van der Waals surface area contributed by atoms with Crippen molar-refractivity contribution in [2.24, 2.45) is 5.92 Å². The van der Waals surface area contributed by atoms with E-state index in [0.717, 1.165) is 5.56 Å².